The lowest BCUT2D eigenvalue weighted by Crippen LogP contribution is -2.50. The summed E-state index contributed by atoms with van der Waals surface area (Å²) in [6, 6.07) is -1.68. The van der Waals surface area contributed by atoms with Crippen LogP contribution in [0.4, 0.5) is 4.79 Å². The average molecular weight is 320 g/mol. The van der Waals surface area contributed by atoms with Crippen LogP contribution in [-0.4, -0.2) is 49.6 Å². The second kappa shape index (κ2) is 7.63. The number of carboxylic acids is 1. The number of carboxylic acid groups (broad SMARTS) is 1. The molecule has 1 aliphatic rings. The third kappa shape index (κ3) is 7.31. The number of nitrogens with one attached hydrogen (secondary N) is 2. The highest BCUT2D eigenvalue weighted by Gasteiger charge is 2.24. The zero-order valence-corrected chi connectivity index (χ0v) is 13.3. The van der Waals surface area contributed by atoms with E-state index in [4.69, 9.17) is 5.11 Å². The van der Waals surface area contributed by atoms with Gasteiger partial charge in [-0.25, -0.2) is 18.0 Å². The Kier molecular flexibility index (Phi) is 6.44. The highest BCUT2D eigenvalue weighted by molar-refractivity contribution is 7.90. The van der Waals surface area contributed by atoms with Crippen LogP contribution in [0.5, 0.6) is 0 Å². The third-order valence-corrected chi connectivity index (χ3v) is 4.71. The molecule has 1 saturated carbocycles. The van der Waals surface area contributed by atoms with Crippen molar-refractivity contribution in [1.29, 1.82) is 0 Å². The van der Waals surface area contributed by atoms with E-state index in [9.17, 15) is 18.0 Å². The van der Waals surface area contributed by atoms with Crippen LogP contribution in [0.3, 0.4) is 0 Å². The monoisotopic (exact) mass is 320 g/mol. The molecule has 122 valence electrons. The van der Waals surface area contributed by atoms with E-state index < -0.39 is 27.9 Å². The molecule has 7 nitrogen and oxygen atoms in total. The van der Waals surface area contributed by atoms with Crippen LogP contribution in [0.1, 0.15) is 39.0 Å². The molecule has 0 heterocycles. The van der Waals surface area contributed by atoms with Crippen molar-refractivity contribution in [1.82, 2.24) is 10.6 Å². The lowest BCUT2D eigenvalue weighted by molar-refractivity contribution is -0.139. The predicted molar refractivity (Wildman–Crippen MR) is 78.8 cm³/mol. The van der Waals surface area contributed by atoms with Crippen LogP contribution in [0.2, 0.25) is 0 Å². The minimum atomic E-state index is -3.26. The highest BCUT2D eigenvalue weighted by Crippen LogP contribution is 2.23. The summed E-state index contributed by atoms with van der Waals surface area (Å²) in [5, 5.41) is 14.1. The third-order valence-electron chi connectivity index (χ3n) is 3.73. The fraction of sp³-hybridized carbons (Fsp3) is 0.846. The van der Waals surface area contributed by atoms with Crippen molar-refractivity contribution in [2.45, 2.75) is 51.1 Å². The average Bonchev–Trinajstić information content (AvgIpc) is 2.36. The number of sulfone groups is 1. The van der Waals surface area contributed by atoms with Crippen molar-refractivity contribution < 1.29 is 23.1 Å². The Morgan fingerprint density at radius 1 is 1.24 bits per heavy atom. The first-order valence-electron chi connectivity index (χ1n) is 7.15. The van der Waals surface area contributed by atoms with Crippen molar-refractivity contribution in [3.8, 4) is 0 Å². The molecular formula is C13H24N2O5S. The molecule has 0 spiro atoms. The first kappa shape index (κ1) is 17.7. The standard InChI is InChI=1S/C13H24N2O5S/c1-9-3-5-10(6-4-9)14-13(18)15-11(12(16)17)7-8-21(2,19)20/h9-11H,3-8H2,1-2H3,(H,16,17)(H2,14,15,18). The maximum Gasteiger partial charge on any atom is 0.326 e. The Morgan fingerprint density at radius 3 is 2.29 bits per heavy atom. The van der Waals surface area contributed by atoms with Gasteiger partial charge >= 0.3 is 12.0 Å². The van der Waals surface area contributed by atoms with Gasteiger partial charge in [0.1, 0.15) is 15.9 Å². The molecule has 0 aromatic rings. The van der Waals surface area contributed by atoms with Gasteiger partial charge in [0.15, 0.2) is 0 Å². The molecule has 3 N–H and O–H groups in total. The predicted octanol–water partition coefficient (Wildman–Crippen LogP) is 0.752. The van der Waals surface area contributed by atoms with Gasteiger partial charge in [-0.15, -0.1) is 0 Å². The summed E-state index contributed by atoms with van der Waals surface area (Å²) in [5.41, 5.74) is 0. The van der Waals surface area contributed by atoms with E-state index in [-0.39, 0.29) is 18.2 Å². The minimum absolute atomic E-state index is 0.0607. The molecule has 0 radical (unpaired) electrons. The Labute approximate surface area is 125 Å². The van der Waals surface area contributed by atoms with Crippen molar-refractivity contribution in [3.63, 3.8) is 0 Å². The second-order valence-electron chi connectivity index (χ2n) is 5.88. The Balaban J connectivity index is 2.43. The quantitative estimate of drug-likeness (QED) is 0.668. The maximum absolute atomic E-state index is 11.8. The number of carbonyl (C=O) groups excluding carboxylic acids is 1. The molecular weight excluding hydrogens is 296 g/mol. The second-order valence-corrected chi connectivity index (χ2v) is 8.14. The number of amides is 2. The molecule has 1 rings (SSSR count). The van der Waals surface area contributed by atoms with Gasteiger partial charge in [0.05, 0.1) is 5.75 Å². The van der Waals surface area contributed by atoms with Gasteiger partial charge in [0.2, 0.25) is 0 Å². The number of hydrogen-bond acceptors (Lipinski definition) is 4. The molecule has 2 amide bonds. The summed E-state index contributed by atoms with van der Waals surface area (Å²) in [5.74, 6) is -0.843. The van der Waals surface area contributed by atoms with E-state index in [0.29, 0.717) is 5.92 Å². The van der Waals surface area contributed by atoms with Crippen LogP contribution >= 0.6 is 0 Å². The molecule has 0 aliphatic heterocycles. The van der Waals surface area contributed by atoms with Crippen molar-refractivity contribution in [3.05, 3.63) is 0 Å². The number of aliphatic carboxylic acids is 1. The topological polar surface area (TPSA) is 113 Å². The molecule has 0 aromatic heterocycles. The molecule has 0 aromatic carbocycles. The summed E-state index contributed by atoms with van der Waals surface area (Å²) in [6.45, 7) is 2.17. The summed E-state index contributed by atoms with van der Waals surface area (Å²) in [7, 11) is -3.26. The molecule has 8 heteroatoms. The van der Waals surface area contributed by atoms with Gasteiger partial charge in [-0.05, 0) is 38.0 Å². The minimum Gasteiger partial charge on any atom is -0.480 e. The number of carbonyl (C=O) groups is 2. The van der Waals surface area contributed by atoms with E-state index >= 15 is 0 Å². The summed E-state index contributed by atoms with van der Waals surface area (Å²) in [6.07, 6.45) is 4.76. The zero-order valence-electron chi connectivity index (χ0n) is 12.5. The summed E-state index contributed by atoms with van der Waals surface area (Å²) in [4.78, 5) is 22.8. The van der Waals surface area contributed by atoms with Gasteiger partial charge in [-0.1, -0.05) is 6.92 Å². The molecule has 1 fully saturated rings. The van der Waals surface area contributed by atoms with Gasteiger partial charge in [0.25, 0.3) is 0 Å². The van der Waals surface area contributed by atoms with Crippen LogP contribution < -0.4 is 10.6 Å². The Hall–Kier alpha value is -1.31. The maximum atomic E-state index is 11.8. The zero-order chi connectivity index (χ0) is 16.0. The van der Waals surface area contributed by atoms with Gasteiger partial charge < -0.3 is 15.7 Å². The Bertz CT molecular complexity index is 469. The first-order chi connectivity index (χ1) is 9.67. The normalized spacial score (nSPS) is 24.1. The van der Waals surface area contributed by atoms with Gasteiger partial charge in [0, 0.05) is 12.3 Å². The molecule has 0 saturated heterocycles. The molecule has 1 atom stereocenters. The van der Waals surface area contributed by atoms with Gasteiger partial charge in [-0.2, -0.15) is 0 Å². The van der Waals surface area contributed by atoms with E-state index in [1.54, 1.807) is 0 Å². The number of hydrogen-bond donors (Lipinski definition) is 3. The van der Waals surface area contributed by atoms with Crippen LogP contribution in [-0.2, 0) is 14.6 Å². The fourth-order valence-corrected chi connectivity index (χ4v) is 3.04. The smallest absolute Gasteiger partial charge is 0.326 e. The lowest BCUT2D eigenvalue weighted by Gasteiger charge is -2.27. The van der Waals surface area contributed by atoms with Crippen LogP contribution in [0, 0.1) is 5.92 Å². The molecule has 1 unspecified atom stereocenters. The Morgan fingerprint density at radius 2 is 1.81 bits per heavy atom. The van der Waals surface area contributed by atoms with E-state index in [1.807, 2.05) is 0 Å². The van der Waals surface area contributed by atoms with E-state index in [2.05, 4.69) is 17.6 Å². The van der Waals surface area contributed by atoms with Crippen molar-refractivity contribution in [2.24, 2.45) is 5.92 Å². The molecule has 1 aliphatic carbocycles. The van der Waals surface area contributed by atoms with Crippen LogP contribution in [0.15, 0.2) is 0 Å². The van der Waals surface area contributed by atoms with E-state index in [0.717, 1.165) is 31.9 Å². The first-order valence-corrected chi connectivity index (χ1v) is 9.21. The summed E-state index contributed by atoms with van der Waals surface area (Å²) < 4.78 is 22.1. The summed E-state index contributed by atoms with van der Waals surface area (Å²) >= 11 is 0. The largest absolute Gasteiger partial charge is 0.480 e. The SMILES string of the molecule is CC1CCC(NC(=O)NC(CCS(C)(=O)=O)C(=O)O)CC1. The van der Waals surface area contributed by atoms with Crippen LogP contribution in [0.25, 0.3) is 0 Å². The fourth-order valence-electron chi connectivity index (χ4n) is 2.38. The lowest BCUT2D eigenvalue weighted by atomic mass is 9.87. The number of rotatable bonds is 6. The van der Waals surface area contributed by atoms with Crippen molar-refractivity contribution >= 4 is 21.8 Å². The van der Waals surface area contributed by atoms with E-state index in [1.165, 1.54) is 0 Å². The van der Waals surface area contributed by atoms with Crippen molar-refractivity contribution in [2.75, 3.05) is 12.0 Å². The molecule has 0 bridgehead atoms. The number of urea groups is 1. The molecule has 21 heavy (non-hydrogen) atoms. The highest BCUT2D eigenvalue weighted by atomic mass is 32.2. The van der Waals surface area contributed by atoms with Gasteiger partial charge in [-0.3, -0.25) is 0 Å².